The molecule has 1 aromatic rings. The van der Waals surface area contributed by atoms with Crippen molar-refractivity contribution in [3.05, 3.63) is 29.8 Å². The van der Waals surface area contributed by atoms with Crippen LogP contribution in [0.2, 0.25) is 0 Å². The van der Waals surface area contributed by atoms with Crippen LogP contribution in [0.15, 0.2) is 24.3 Å². The molecule has 1 amide bonds. The monoisotopic (exact) mass is 273 g/mol. The lowest BCUT2D eigenvalue weighted by atomic mass is 9.92. The Kier molecular flexibility index (Phi) is 3.76. The lowest BCUT2D eigenvalue weighted by molar-refractivity contribution is -0.122. The molecular formula is C16H23N3O. The Hall–Kier alpha value is -1.39. The topological polar surface area (TPSA) is 58.4 Å². The number of anilines is 1. The van der Waals surface area contributed by atoms with Gasteiger partial charge in [-0.3, -0.25) is 9.69 Å². The molecule has 0 aromatic heterocycles. The molecule has 0 radical (unpaired) electrons. The molecule has 20 heavy (non-hydrogen) atoms. The summed E-state index contributed by atoms with van der Waals surface area (Å²) in [6.45, 7) is 4.00. The molecule has 1 aromatic carbocycles. The van der Waals surface area contributed by atoms with Crippen LogP contribution in [0.5, 0.6) is 0 Å². The van der Waals surface area contributed by atoms with E-state index in [9.17, 15) is 4.79 Å². The van der Waals surface area contributed by atoms with E-state index in [1.165, 1.54) is 5.56 Å². The Labute approximate surface area is 120 Å². The minimum Gasteiger partial charge on any atom is -0.326 e. The first kappa shape index (κ1) is 13.6. The molecule has 2 aliphatic heterocycles. The van der Waals surface area contributed by atoms with Crippen LogP contribution in [0.4, 0.5) is 5.69 Å². The number of nitrogens with zero attached hydrogens (tertiary/aromatic N) is 1. The lowest BCUT2D eigenvalue weighted by Gasteiger charge is -2.38. The summed E-state index contributed by atoms with van der Waals surface area (Å²) in [6, 6.07) is 8.23. The first-order chi connectivity index (χ1) is 9.65. The third kappa shape index (κ3) is 2.58. The summed E-state index contributed by atoms with van der Waals surface area (Å²) in [5, 5.41) is 3.07. The number of hydrogen-bond acceptors (Lipinski definition) is 3. The maximum atomic E-state index is 12.5. The van der Waals surface area contributed by atoms with E-state index in [1.54, 1.807) is 0 Å². The highest BCUT2D eigenvalue weighted by Crippen LogP contribution is 2.26. The van der Waals surface area contributed by atoms with E-state index >= 15 is 0 Å². The van der Waals surface area contributed by atoms with Crippen molar-refractivity contribution in [2.75, 3.05) is 18.4 Å². The third-order valence-corrected chi connectivity index (χ3v) is 4.75. The normalized spacial score (nSPS) is 31.3. The number of hydrogen-bond donors (Lipinski definition) is 2. The number of carbonyl (C=O) groups is 1. The zero-order chi connectivity index (χ0) is 14.1. The van der Waals surface area contributed by atoms with Gasteiger partial charge in [0.05, 0.1) is 6.04 Å². The average molecular weight is 273 g/mol. The zero-order valence-electron chi connectivity index (χ0n) is 12.0. The van der Waals surface area contributed by atoms with Crippen molar-refractivity contribution in [1.82, 2.24) is 4.90 Å². The highest BCUT2D eigenvalue weighted by atomic mass is 16.2. The quantitative estimate of drug-likeness (QED) is 0.817. The minimum absolute atomic E-state index is 0.0408. The molecule has 0 aliphatic carbocycles. The van der Waals surface area contributed by atoms with E-state index in [0.29, 0.717) is 5.92 Å². The highest BCUT2D eigenvalue weighted by Gasteiger charge is 2.33. The lowest BCUT2D eigenvalue weighted by Crippen LogP contribution is -2.54. The minimum atomic E-state index is -0.0408. The van der Waals surface area contributed by atoms with Gasteiger partial charge in [0.2, 0.25) is 5.91 Å². The summed E-state index contributed by atoms with van der Waals surface area (Å²) < 4.78 is 0. The van der Waals surface area contributed by atoms with E-state index in [-0.39, 0.29) is 18.0 Å². The largest absolute Gasteiger partial charge is 0.326 e. The molecule has 2 heterocycles. The van der Waals surface area contributed by atoms with E-state index in [0.717, 1.165) is 38.0 Å². The first-order valence-corrected chi connectivity index (χ1v) is 7.53. The van der Waals surface area contributed by atoms with Crippen molar-refractivity contribution in [1.29, 1.82) is 0 Å². The van der Waals surface area contributed by atoms with Crippen LogP contribution >= 0.6 is 0 Å². The molecule has 3 unspecified atom stereocenters. The number of piperidine rings is 1. The number of carbonyl (C=O) groups excluding carboxylic acids is 1. The molecule has 0 saturated carbocycles. The first-order valence-electron chi connectivity index (χ1n) is 7.53. The highest BCUT2D eigenvalue weighted by molar-refractivity contribution is 5.96. The summed E-state index contributed by atoms with van der Waals surface area (Å²) in [7, 11) is 0. The number of rotatable bonds is 1. The smallest absolute Gasteiger partial charge is 0.241 e. The van der Waals surface area contributed by atoms with Crippen LogP contribution in [0.25, 0.3) is 0 Å². The van der Waals surface area contributed by atoms with Crippen LogP contribution in [0, 0.1) is 5.92 Å². The standard InChI is InChI=1S/C16H23N3O/c1-11-8-9-19(10-13(11)17)15-7-6-12-4-2-3-5-14(12)18-16(15)20/h2-5,11,13,15H,6-10,17H2,1H3,(H,18,20). The van der Waals surface area contributed by atoms with Gasteiger partial charge in [-0.1, -0.05) is 25.1 Å². The maximum Gasteiger partial charge on any atom is 0.241 e. The average Bonchev–Trinajstić information content (AvgIpc) is 2.60. The second kappa shape index (κ2) is 5.54. The second-order valence-electron chi connectivity index (χ2n) is 6.13. The van der Waals surface area contributed by atoms with Crippen LogP contribution < -0.4 is 11.1 Å². The van der Waals surface area contributed by atoms with Gasteiger partial charge in [-0.25, -0.2) is 0 Å². The number of fused-ring (bicyclic) bond motifs is 1. The van der Waals surface area contributed by atoms with Gasteiger partial charge in [-0.05, 0) is 43.4 Å². The van der Waals surface area contributed by atoms with Gasteiger partial charge in [-0.2, -0.15) is 0 Å². The molecule has 3 atom stereocenters. The Balaban J connectivity index is 1.75. The Bertz CT molecular complexity index is 502. The summed E-state index contributed by atoms with van der Waals surface area (Å²) >= 11 is 0. The maximum absolute atomic E-state index is 12.5. The molecular weight excluding hydrogens is 250 g/mol. The molecule has 0 spiro atoms. The summed E-state index contributed by atoms with van der Waals surface area (Å²) in [4.78, 5) is 14.7. The van der Waals surface area contributed by atoms with Gasteiger partial charge in [0, 0.05) is 18.3 Å². The van der Waals surface area contributed by atoms with Crippen molar-refractivity contribution in [2.24, 2.45) is 11.7 Å². The predicted octanol–water partition coefficient (Wildman–Crippen LogP) is 1.61. The molecule has 1 saturated heterocycles. The summed E-state index contributed by atoms with van der Waals surface area (Å²) in [5.41, 5.74) is 8.37. The van der Waals surface area contributed by atoms with E-state index < -0.39 is 0 Å². The van der Waals surface area contributed by atoms with Crippen molar-refractivity contribution < 1.29 is 4.79 Å². The van der Waals surface area contributed by atoms with Gasteiger partial charge in [0.1, 0.15) is 0 Å². The van der Waals surface area contributed by atoms with Crippen LogP contribution in [-0.4, -0.2) is 36.0 Å². The molecule has 3 N–H and O–H groups in total. The van der Waals surface area contributed by atoms with Gasteiger partial charge < -0.3 is 11.1 Å². The molecule has 2 aliphatic rings. The van der Waals surface area contributed by atoms with Gasteiger partial charge in [-0.15, -0.1) is 0 Å². The van der Waals surface area contributed by atoms with Gasteiger partial charge in [0.15, 0.2) is 0 Å². The molecule has 0 bridgehead atoms. The van der Waals surface area contributed by atoms with Crippen molar-refractivity contribution >= 4 is 11.6 Å². The molecule has 3 rings (SSSR count). The van der Waals surface area contributed by atoms with Crippen molar-refractivity contribution in [2.45, 2.75) is 38.3 Å². The van der Waals surface area contributed by atoms with Gasteiger partial charge in [0.25, 0.3) is 0 Å². The van der Waals surface area contributed by atoms with E-state index in [2.05, 4.69) is 23.2 Å². The number of aryl methyl sites for hydroxylation is 1. The molecule has 4 nitrogen and oxygen atoms in total. The number of amides is 1. The number of nitrogens with two attached hydrogens (primary N) is 1. The SMILES string of the molecule is CC1CCN(C2CCc3ccccc3NC2=O)CC1N. The zero-order valence-corrected chi connectivity index (χ0v) is 12.0. The number of benzene rings is 1. The van der Waals surface area contributed by atoms with Crippen molar-refractivity contribution in [3.63, 3.8) is 0 Å². The fraction of sp³-hybridized carbons (Fsp3) is 0.562. The molecule has 1 fully saturated rings. The number of likely N-dealkylation sites (tertiary alicyclic amines) is 1. The number of para-hydroxylation sites is 1. The molecule has 4 heteroatoms. The predicted molar refractivity (Wildman–Crippen MR) is 80.5 cm³/mol. The fourth-order valence-electron chi connectivity index (χ4n) is 3.26. The van der Waals surface area contributed by atoms with Crippen molar-refractivity contribution in [3.8, 4) is 0 Å². The Morgan fingerprint density at radius 2 is 2.10 bits per heavy atom. The third-order valence-electron chi connectivity index (χ3n) is 4.75. The van der Waals surface area contributed by atoms with E-state index in [1.807, 2.05) is 18.2 Å². The Morgan fingerprint density at radius 3 is 2.90 bits per heavy atom. The summed E-state index contributed by atoms with van der Waals surface area (Å²) in [6.07, 6.45) is 2.91. The van der Waals surface area contributed by atoms with E-state index in [4.69, 9.17) is 5.73 Å². The summed E-state index contributed by atoms with van der Waals surface area (Å²) in [5.74, 6) is 0.675. The van der Waals surface area contributed by atoms with Gasteiger partial charge >= 0.3 is 0 Å². The Morgan fingerprint density at radius 1 is 1.30 bits per heavy atom. The fourth-order valence-corrected chi connectivity index (χ4v) is 3.26. The number of nitrogens with one attached hydrogen (secondary N) is 1. The van der Waals surface area contributed by atoms with Crippen LogP contribution in [0.1, 0.15) is 25.3 Å². The van der Waals surface area contributed by atoms with Crippen LogP contribution in [-0.2, 0) is 11.2 Å². The second-order valence-corrected chi connectivity index (χ2v) is 6.13. The van der Waals surface area contributed by atoms with Crippen LogP contribution in [0.3, 0.4) is 0 Å². The molecule has 108 valence electrons.